The summed E-state index contributed by atoms with van der Waals surface area (Å²) in [5.74, 6) is -0.0301. The molecule has 0 heterocycles. The van der Waals surface area contributed by atoms with Crippen molar-refractivity contribution < 1.29 is 18.3 Å². The predicted octanol–water partition coefficient (Wildman–Crippen LogP) is 0.510. The van der Waals surface area contributed by atoms with E-state index < -0.39 is 15.8 Å². The molecule has 0 saturated heterocycles. The van der Waals surface area contributed by atoms with E-state index in [1.165, 1.54) is 6.26 Å². The minimum Gasteiger partial charge on any atom is -0.481 e. The number of sulfone groups is 1. The van der Waals surface area contributed by atoms with E-state index in [2.05, 4.69) is 5.32 Å². The lowest BCUT2D eigenvalue weighted by atomic mass is 9.84. The molecule has 5 nitrogen and oxygen atoms in total. The van der Waals surface area contributed by atoms with Crippen LogP contribution in [-0.4, -0.2) is 44.1 Å². The number of aliphatic carboxylic acids is 1. The van der Waals surface area contributed by atoms with Crippen molar-refractivity contribution in [2.75, 3.05) is 18.6 Å². The molecule has 2 aliphatic carbocycles. The van der Waals surface area contributed by atoms with Gasteiger partial charge in [0.05, 0.1) is 11.7 Å². The molecule has 2 bridgehead atoms. The number of fused-ring (bicyclic) bond motifs is 2. The quantitative estimate of drug-likeness (QED) is 0.690. The first-order valence-electron chi connectivity index (χ1n) is 6.52. The molecular weight excluding hydrogens is 254 g/mol. The largest absolute Gasteiger partial charge is 0.481 e. The lowest BCUT2D eigenvalue weighted by Gasteiger charge is -2.29. The molecule has 4 atom stereocenters. The van der Waals surface area contributed by atoms with Crippen LogP contribution in [0.5, 0.6) is 0 Å². The Labute approximate surface area is 108 Å². The number of hydrogen-bond acceptors (Lipinski definition) is 4. The van der Waals surface area contributed by atoms with Crippen molar-refractivity contribution in [2.45, 2.75) is 31.7 Å². The maximum absolute atomic E-state index is 11.3. The number of hydrogen-bond donors (Lipinski definition) is 2. The molecular formula is C12H21NO4S. The smallest absolute Gasteiger partial charge is 0.308 e. The van der Waals surface area contributed by atoms with Crippen LogP contribution in [0.15, 0.2) is 0 Å². The van der Waals surface area contributed by atoms with Gasteiger partial charge in [0, 0.05) is 12.3 Å². The topological polar surface area (TPSA) is 83.5 Å². The molecule has 6 heteroatoms. The molecule has 4 unspecified atom stereocenters. The highest BCUT2D eigenvalue weighted by molar-refractivity contribution is 7.90. The van der Waals surface area contributed by atoms with Crippen molar-refractivity contribution in [2.24, 2.45) is 17.8 Å². The predicted molar refractivity (Wildman–Crippen MR) is 68.1 cm³/mol. The maximum Gasteiger partial charge on any atom is 0.308 e. The summed E-state index contributed by atoms with van der Waals surface area (Å²) >= 11 is 0. The summed E-state index contributed by atoms with van der Waals surface area (Å²) in [7, 11) is -2.92. The second kappa shape index (κ2) is 5.17. The van der Waals surface area contributed by atoms with E-state index >= 15 is 0 Å². The molecule has 0 spiro atoms. The van der Waals surface area contributed by atoms with E-state index in [-0.39, 0.29) is 17.7 Å². The van der Waals surface area contributed by atoms with Crippen LogP contribution in [0.1, 0.15) is 25.7 Å². The molecule has 0 aromatic carbocycles. The second-order valence-electron chi connectivity index (χ2n) is 5.66. The summed E-state index contributed by atoms with van der Waals surface area (Å²) in [5.41, 5.74) is 0. The Morgan fingerprint density at radius 2 is 2.00 bits per heavy atom. The summed E-state index contributed by atoms with van der Waals surface area (Å²) in [6.07, 6.45) is 4.94. The van der Waals surface area contributed by atoms with Crippen LogP contribution < -0.4 is 5.32 Å². The number of carbonyl (C=O) groups is 1. The van der Waals surface area contributed by atoms with Crippen LogP contribution in [0, 0.1) is 17.8 Å². The first-order chi connectivity index (χ1) is 8.38. The van der Waals surface area contributed by atoms with E-state index in [1.54, 1.807) is 0 Å². The lowest BCUT2D eigenvalue weighted by molar-refractivity contribution is -0.144. The van der Waals surface area contributed by atoms with Gasteiger partial charge in [-0.2, -0.15) is 0 Å². The summed E-state index contributed by atoms with van der Waals surface area (Å²) in [6.45, 7) is 0.588. The zero-order valence-corrected chi connectivity index (χ0v) is 11.4. The van der Waals surface area contributed by atoms with Gasteiger partial charge in [-0.15, -0.1) is 0 Å². The van der Waals surface area contributed by atoms with Crippen molar-refractivity contribution in [3.63, 3.8) is 0 Å². The number of nitrogens with one attached hydrogen (secondary N) is 1. The van der Waals surface area contributed by atoms with Gasteiger partial charge in [-0.05, 0) is 44.1 Å². The van der Waals surface area contributed by atoms with Crippen LogP contribution in [0.25, 0.3) is 0 Å². The summed E-state index contributed by atoms with van der Waals surface area (Å²) < 4.78 is 22.0. The Morgan fingerprint density at radius 3 is 2.61 bits per heavy atom. The molecule has 0 aromatic rings. The Kier molecular flexibility index (Phi) is 3.96. The number of carboxylic acids is 1. The van der Waals surface area contributed by atoms with Gasteiger partial charge in [-0.1, -0.05) is 0 Å². The molecule has 104 valence electrons. The summed E-state index contributed by atoms with van der Waals surface area (Å²) in [4.78, 5) is 11.3. The highest BCUT2D eigenvalue weighted by Gasteiger charge is 2.50. The van der Waals surface area contributed by atoms with E-state index in [1.807, 2.05) is 0 Å². The fourth-order valence-electron chi connectivity index (χ4n) is 3.54. The van der Waals surface area contributed by atoms with Crippen LogP contribution in [0.4, 0.5) is 0 Å². The molecule has 0 aliphatic heterocycles. The van der Waals surface area contributed by atoms with Gasteiger partial charge >= 0.3 is 5.97 Å². The van der Waals surface area contributed by atoms with E-state index in [4.69, 9.17) is 0 Å². The summed E-state index contributed by atoms with van der Waals surface area (Å²) in [6, 6.07) is 0.0424. The standard InChI is InChI=1S/C12H21NO4S/c1-18(16,17)6-2-5-13-11-9-4-3-8(7-9)10(11)12(14)15/h8-11,13H,2-7H2,1H3,(H,14,15). The van der Waals surface area contributed by atoms with Gasteiger partial charge in [0.25, 0.3) is 0 Å². The molecule has 0 radical (unpaired) electrons. The second-order valence-corrected chi connectivity index (χ2v) is 7.92. The minimum absolute atomic E-state index is 0.0424. The fraction of sp³-hybridized carbons (Fsp3) is 0.917. The molecule has 2 aliphatic rings. The molecule has 0 aromatic heterocycles. The van der Waals surface area contributed by atoms with Gasteiger partial charge in [0.15, 0.2) is 0 Å². The monoisotopic (exact) mass is 275 g/mol. The number of carboxylic acid groups (broad SMARTS) is 1. The minimum atomic E-state index is -2.92. The first kappa shape index (κ1) is 13.8. The number of rotatable bonds is 6. The van der Waals surface area contributed by atoms with E-state index in [9.17, 15) is 18.3 Å². The SMILES string of the molecule is CS(=O)(=O)CCCNC1C2CCC(C2)C1C(=O)O. The molecule has 0 amide bonds. The average Bonchev–Trinajstić information content (AvgIpc) is 2.82. The van der Waals surface area contributed by atoms with Crippen molar-refractivity contribution in [1.29, 1.82) is 0 Å². The van der Waals surface area contributed by atoms with Crippen LogP contribution in [-0.2, 0) is 14.6 Å². The van der Waals surface area contributed by atoms with Gasteiger partial charge < -0.3 is 10.4 Å². The maximum atomic E-state index is 11.3. The van der Waals surface area contributed by atoms with E-state index in [0.29, 0.717) is 24.8 Å². The van der Waals surface area contributed by atoms with Gasteiger partial charge in [0.1, 0.15) is 9.84 Å². The third-order valence-corrected chi connectivity index (χ3v) is 5.30. The first-order valence-corrected chi connectivity index (χ1v) is 8.58. The van der Waals surface area contributed by atoms with Gasteiger partial charge in [-0.25, -0.2) is 8.42 Å². The zero-order chi connectivity index (χ0) is 13.3. The van der Waals surface area contributed by atoms with Crippen molar-refractivity contribution in [3.8, 4) is 0 Å². The molecule has 2 rings (SSSR count). The van der Waals surface area contributed by atoms with Crippen molar-refractivity contribution in [1.82, 2.24) is 5.32 Å². The fourth-order valence-corrected chi connectivity index (χ4v) is 4.21. The molecule has 2 saturated carbocycles. The highest BCUT2D eigenvalue weighted by atomic mass is 32.2. The van der Waals surface area contributed by atoms with Gasteiger partial charge in [0.2, 0.25) is 0 Å². The van der Waals surface area contributed by atoms with Crippen molar-refractivity contribution >= 4 is 15.8 Å². The normalized spacial score (nSPS) is 34.9. The average molecular weight is 275 g/mol. The Morgan fingerprint density at radius 1 is 1.33 bits per heavy atom. The third-order valence-electron chi connectivity index (χ3n) is 4.27. The molecule has 2 N–H and O–H groups in total. The highest BCUT2D eigenvalue weighted by Crippen LogP contribution is 2.48. The Balaban J connectivity index is 1.83. The molecule has 2 fully saturated rings. The van der Waals surface area contributed by atoms with Crippen LogP contribution in [0.3, 0.4) is 0 Å². The Hall–Kier alpha value is -0.620. The van der Waals surface area contributed by atoms with E-state index in [0.717, 1.165) is 19.3 Å². The molecule has 18 heavy (non-hydrogen) atoms. The lowest BCUT2D eigenvalue weighted by Crippen LogP contribution is -2.44. The van der Waals surface area contributed by atoms with Crippen molar-refractivity contribution in [3.05, 3.63) is 0 Å². The van der Waals surface area contributed by atoms with Crippen LogP contribution >= 0.6 is 0 Å². The summed E-state index contributed by atoms with van der Waals surface area (Å²) in [5, 5.41) is 12.5. The third kappa shape index (κ3) is 3.03. The van der Waals surface area contributed by atoms with Gasteiger partial charge in [-0.3, -0.25) is 4.79 Å². The van der Waals surface area contributed by atoms with Crippen LogP contribution in [0.2, 0.25) is 0 Å². The zero-order valence-electron chi connectivity index (χ0n) is 10.6. The Bertz CT molecular complexity index is 420.